The molecule has 3 saturated heterocycles. The number of carbonyl (C=O) groups is 5. The van der Waals surface area contributed by atoms with E-state index in [1.807, 2.05) is 20.8 Å². The molecule has 11 nitrogen and oxygen atoms in total. The Hall–Kier alpha value is -3.47. The Morgan fingerprint density at radius 1 is 1.14 bits per heavy atom. The van der Waals surface area contributed by atoms with Gasteiger partial charge in [0.2, 0.25) is 0 Å². The van der Waals surface area contributed by atoms with Crippen molar-refractivity contribution in [2.45, 2.75) is 95.7 Å². The molecule has 5 fully saturated rings. The zero-order chi connectivity index (χ0) is 31.1. The number of carbonyl (C=O) groups excluding carboxylic acids is 5. The van der Waals surface area contributed by atoms with Crippen LogP contribution in [0.4, 0.5) is 0 Å². The SMILES string of the molecule is C=C1[C@@H]2[C@@H](OC=O)[C@H](OC(=O)CC(C)C)[C@@]3(C)[C@H](c4ccoc4)CC(=O)[C@]13O[C@@H]1CC(=O)O[C@]3(C)COC(=O)C[C@@H]3[C@@]21C. The zero-order valence-corrected chi connectivity index (χ0v) is 25.1. The Kier molecular flexibility index (Phi) is 6.72. The fraction of sp³-hybridized carbons (Fsp3) is 0.656. The van der Waals surface area contributed by atoms with Crippen molar-refractivity contribution in [3.05, 3.63) is 36.3 Å². The molecule has 0 radical (unpaired) electrons. The molecule has 1 spiro atoms. The van der Waals surface area contributed by atoms with Gasteiger partial charge >= 0.3 is 17.9 Å². The molecule has 1 aromatic rings. The molecule has 11 heteroatoms. The summed E-state index contributed by atoms with van der Waals surface area (Å²) in [4.78, 5) is 66.1. The molecule has 3 aliphatic heterocycles. The maximum Gasteiger partial charge on any atom is 0.309 e. The standard InChI is InChI=1S/C32H38O11/c1-16(2)9-24(36)41-28-27(40-15-33)26-17(3)32(21(34)10-19(31(28,32)6)18-7-8-38-13-18)42-22-12-25(37)43-29(4)14-39-23(35)11-20(29)30(22,26)5/h7-8,13,15-16,19-20,22,26-28H,3,9-12,14H2,1-2,4-6H3/t19-,20-,22+,26+,27+,28-,29+,30+,31+,32+/m0/s1. The molecule has 43 heavy (non-hydrogen) atoms. The lowest BCUT2D eigenvalue weighted by molar-refractivity contribution is -0.295. The average molecular weight is 599 g/mol. The molecule has 2 saturated carbocycles. The number of esters is 3. The molecule has 1 aromatic heterocycles. The lowest BCUT2D eigenvalue weighted by Gasteiger charge is -2.67. The smallest absolute Gasteiger partial charge is 0.309 e. The van der Waals surface area contributed by atoms with Gasteiger partial charge < -0.3 is 28.1 Å². The number of ether oxygens (including phenoxy) is 5. The first-order valence-corrected chi connectivity index (χ1v) is 14.8. The Labute approximate surface area is 249 Å². The van der Waals surface area contributed by atoms with E-state index in [0.717, 1.165) is 0 Å². The number of cyclic esters (lactones) is 1. The number of fused-ring (bicyclic) bond motifs is 5. The zero-order valence-electron chi connectivity index (χ0n) is 25.1. The Morgan fingerprint density at radius 2 is 1.88 bits per heavy atom. The minimum Gasteiger partial charge on any atom is -0.472 e. The quantitative estimate of drug-likeness (QED) is 0.205. The van der Waals surface area contributed by atoms with Crippen LogP contribution in [-0.2, 0) is 47.7 Å². The molecule has 6 rings (SSSR count). The van der Waals surface area contributed by atoms with Gasteiger partial charge in [-0.15, -0.1) is 0 Å². The van der Waals surface area contributed by atoms with Gasteiger partial charge in [-0.3, -0.25) is 24.0 Å². The summed E-state index contributed by atoms with van der Waals surface area (Å²) in [6.45, 7) is 13.7. The molecular formula is C32H38O11. The molecule has 5 aliphatic rings. The summed E-state index contributed by atoms with van der Waals surface area (Å²) >= 11 is 0. The number of hydrogen-bond donors (Lipinski definition) is 0. The number of rotatable bonds is 6. The average Bonchev–Trinajstić information content (AvgIpc) is 3.50. The first kappa shape index (κ1) is 29.6. The molecule has 2 bridgehead atoms. The summed E-state index contributed by atoms with van der Waals surface area (Å²) < 4.78 is 35.8. The Morgan fingerprint density at radius 3 is 2.53 bits per heavy atom. The Bertz CT molecular complexity index is 1380. The number of hydrogen-bond acceptors (Lipinski definition) is 11. The van der Waals surface area contributed by atoms with Crippen LogP contribution in [0.3, 0.4) is 0 Å². The van der Waals surface area contributed by atoms with Gasteiger partial charge in [0.25, 0.3) is 6.47 Å². The highest BCUT2D eigenvalue weighted by atomic mass is 16.6. The third-order valence-corrected chi connectivity index (χ3v) is 11.1. The van der Waals surface area contributed by atoms with Crippen molar-refractivity contribution in [2.24, 2.45) is 28.6 Å². The molecule has 0 unspecified atom stereocenters. The van der Waals surface area contributed by atoms with Crippen molar-refractivity contribution in [3.63, 3.8) is 0 Å². The normalized spacial score (nSPS) is 43.5. The van der Waals surface area contributed by atoms with E-state index in [1.54, 1.807) is 19.9 Å². The van der Waals surface area contributed by atoms with Crippen LogP contribution in [0.1, 0.15) is 71.8 Å². The van der Waals surface area contributed by atoms with Gasteiger partial charge in [0.05, 0.1) is 36.9 Å². The van der Waals surface area contributed by atoms with Crippen molar-refractivity contribution < 1.29 is 52.1 Å². The van der Waals surface area contributed by atoms with E-state index in [9.17, 15) is 24.0 Å². The van der Waals surface area contributed by atoms with E-state index in [1.165, 1.54) is 12.5 Å². The highest BCUT2D eigenvalue weighted by molar-refractivity contribution is 5.97. The molecule has 4 heterocycles. The van der Waals surface area contributed by atoms with Crippen LogP contribution in [-0.4, -0.2) is 66.3 Å². The van der Waals surface area contributed by atoms with Gasteiger partial charge in [-0.2, -0.15) is 0 Å². The topological polar surface area (TPSA) is 145 Å². The fourth-order valence-corrected chi connectivity index (χ4v) is 9.25. The summed E-state index contributed by atoms with van der Waals surface area (Å²) in [6, 6.07) is 1.74. The third kappa shape index (κ3) is 3.85. The van der Waals surface area contributed by atoms with Gasteiger partial charge in [0, 0.05) is 36.0 Å². The fourth-order valence-electron chi connectivity index (χ4n) is 9.25. The third-order valence-electron chi connectivity index (χ3n) is 11.1. The highest BCUT2D eigenvalue weighted by Gasteiger charge is 2.81. The lowest BCUT2D eigenvalue weighted by atomic mass is 9.44. The van der Waals surface area contributed by atoms with Crippen LogP contribution >= 0.6 is 0 Å². The van der Waals surface area contributed by atoms with Crippen LogP contribution in [0.25, 0.3) is 0 Å². The molecule has 0 aromatic carbocycles. The first-order chi connectivity index (χ1) is 20.2. The number of furan rings is 1. The van der Waals surface area contributed by atoms with Gasteiger partial charge in [0.15, 0.2) is 11.4 Å². The van der Waals surface area contributed by atoms with E-state index in [2.05, 4.69) is 6.58 Å². The molecule has 232 valence electrons. The van der Waals surface area contributed by atoms with E-state index < -0.39 is 76.0 Å². The summed E-state index contributed by atoms with van der Waals surface area (Å²) in [5, 5.41) is 0. The van der Waals surface area contributed by atoms with Gasteiger partial charge in [0.1, 0.15) is 24.4 Å². The number of ketones is 1. The monoisotopic (exact) mass is 598 g/mol. The van der Waals surface area contributed by atoms with Crippen molar-refractivity contribution in [1.82, 2.24) is 0 Å². The van der Waals surface area contributed by atoms with Gasteiger partial charge in [-0.25, -0.2) is 0 Å². The minimum atomic E-state index is -1.70. The van der Waals surface area contributed by atoms with Gasteiger partial charge in [-0.1, -0.05) is 34.3 Å². The van der Waals surface area contributed by atoms with E-state index in [4.69, 9.17) is 28.1 Å². The van der Waals surface area contributed by atoms with E-state index in [0.29, 0.717) is 17.6 Å². The van der Waals surface area contributed by atoms with Crippen LogP contribution in [0.2, 0.25) is 0 Å². The second-order valence-electron chi connectivity index (χ2n) is 13.8. The summed E-state index contributed by atoms with van der Waals surface area (Å²) in [6.07, 6.45) is -0.375. The molecule has 0 amide bonds. The van der Waals surface area contributed by atoms with Crippen LogP contribution in [0.15, 0.2) is 35.2 Å². The van der Waals surface area contributed by atoms with E-state index in [-0.39, 0.29) is 44.0 Å². The molecule has 10 atom stereocenters. The maximum atomic E-state index is 14.4. The molecule has 0 N–H and O–H groups in total. The van der Waals surface area contributed by atoms with Crippen molar-refractivity contribution >= 4 is 30.2 Å². The second-order valence-corrected chi connectivity index (χ2v) is 13.8. The number of Topliss-reactive ketones (excluding diaryl/α,β-unsaturated/α-hetero) is 1. The van der Waals surface area contributed by atoms with Crippen molar-refractivity contribution in [3.8, 4) is 0 Å². The Balaban J connectivity index is 1.61. The molecular weight excluding hydrogens is 560 g/mol. The largest absolute Gasteiger partial charge is 0.472 e. The highest BCUT2D eigenvalue weighted by Crippen LogP contribution is 2.72. The van der Waals surface area contributed by atoms with E-state index >= 15 is 0 Å². The van der Waals surface area contributed by atoms with Crippen molar-refractivity contribution in [1.29, 1.82) is 0 Å². The predicted octanol–water partition coefficient (Wildman–Crippen LogP) is 3.44. The second kappa shape index (κ2) is 9.77. The minimum absolute atomic E-state index is 0.00909. The van der Waals surface area contributed by atoms with Crippen LogP contribution in [0.5, 0.6) is 0 Å². The molecule has 2 aliphatic carbocycles. The summed E-state index contributed by atoms with van der Waals surface area (Å²) in [5.74, 6) is -3.93. The first-order valence-electron chi connectivity index (χ1n) is 14.8. The summed E-state index contributed by atoms with van der Waals surface area (Å²) in [5.41, 5.74) is -4.32. The maximum absolute atomic E-state index is 14.4. The van der Waals surface area contributed by atoms with Gasteiger partial charge in [-0.05, 0) is 30.0 Å². The van der Waals surface area contributed by atoms with Crippen LogP contribution in [0, 0.1) is 28.6 Å². The lowest BCUT2D eigenvalue weighted by Crippen LogP contribution is -2.77. The summed E-state index contributed by atoms with van der Waals surface area (Å²) in [7, 11) is 0. The predicted molar refractivity (Wildman–Crippen MR) is 146 cm³/mol. The van der Waals surface area contributed by atoms with Crippen LogP contribution < -0.4 is 0 Å². The van der Waals surface area contributed by atoms with Crippen molar-refractivity contribution in [2.75, 3.05) is 6.61 Å².